The molecule has 0 spiro atoms. The van der Waals surface area contributed by atoms with Crippen LogP contribution in [0.1, 0.15) is 6.92 Å². The van der Waals surface area contributed by atoms with Crippen LogP contribution in [0.5, 0.6) is 0 Å². The lowest BCUT2D eigenvalue weighted by atomic mass is 10.2. The first-order valence-electron chi connectivity index (χ1n) is 6.76. The molecule has 0 aliphatic rings. The molecule has 1 heterocycles. The summed E-state index contributed by atoms with van der Waals surface area (Å²) >= 11 is 6.00. The molecule has 0 radical (unpaired) electrons. The zero-order valence-corrected chi connectivity index (χ0v) is 13.2. The molecule has 2 rings (SSSR count). The van der Waals surface area contributed by atoms with E-state index in [0.29, 0.717) is 16.4 Å². The summed E-state index contributed by atoms with van der Waals surface area (Å²) in [5.74, 6) is -0.202. The molecule has 2 aromatic rings. The number of nitrogens with one attached hydrogen (secondary N) is 1. The van der Waals surface area contributed by atoms with Crippen molar-refractivity contribution in [3.63, 3.8) is 0 Å². The van der Waals surface area contributed by atoms with Crippen molar-refractivity contribution in [2.24, 2.45) is 0 Å². The SMILES string of the molecule is CC(CO)N(C)CC(=O)Nc1cc(Cl)ccc1-n1cncn1. The summed E-state index contributed by atoms with van der Waals surface area (Å²) in [6, 6.07) is 5.03. The van der Waals surface area contributed by atoms with Crippen molar-refractivity contribution in [3.05, 3.63) is 35.9 Å². The van der Waals surface area contributed by atoms with Crippen molar-refractivity contribution >= 4 is 23.2 Å². The van der Waals surface area contributed by atoms with Crippen LogP contribution in [0, 0.1) is 0 Å². The van der Waals surface area contributed by atoms with Gasteiger partial charge >= 0.3 is 0 Å². The summed E-state index contributed by atoms with van der Waals surface area (Å²) in [6.07, 6.45) is 2.95. The highest BCUT2D eigenvalue weighted by atomic mass is 35.5. The number of aliphatic hydroxyl groups excluding tert-OH is 1. The Balaban J connectivity index is 2.15. The Hall–Kier alpha value is -1.96. The van der Waals surface area contributed by atoms with Gasteiger partial charge in [-0.05, 0) is 32.2 Å². The normalized spacial score (nSPS) is 12.4. The topological polar surface area (TPSA) is 83.3 Å². The molecule has 8 heteroatoms. The molecule has 0 aliphatic carbocycles. The number of aliphatic hydroxyl groups is 1. The molecule has 1 amide bonds. The average Bonchev–Trinajstić information content (AvgIpc) is 3.00. The van der Waals surface area contributed by atoms with Crippen LogP contribution in [0.4, 0.5) is 5.69 Å². The molecule has 1 aromatic heterocycles. The van der Waals surface area contributed by atoms with Gasteiger partial charge in [0.05, 0.1) is 24.5 Å². The van der Waals surface area contributed by atoms with E-state index in [1.54, 1.807) is 41.2 Å². The second kappa shape index (κ2) is 7.35. The van der Waals surface area contributed by atoms with Crippen LogP contribution in [0.2, 0.25) is 5.02 Å². The number of carbonyl (C=O) groups excluding carboxylic acids is 1. The van der Waals surface area contributed by atoms with E-state index >= 15 is 0 Å². The summed E-state index contributed by atoms with van der Waals surface area (Å²) in [4.78, 5) is 17.8. The number of hydrogen-bond donors (Lipinski definition) is 2. The minimum Gasteiger partial charge on any atom is -0.395 e. The number of nitrogens with zero attached hydrogens (tertiary/aromatic N) is 4. The van der Waals surface area contributed by atoms with Crippen molar-refractivity contribution in [3.8, 4) is 5.69 Å². The van der Waals surface area contributed by atoms with E-state index in [-0.39, 0.29) is 25.1 Å². The molecule has 0 saturated carbocycles. The first kappa shape index (κ1) is 16.4. The third-order valence-electron chi connectivity index (χ3n) is 3.31. The second-order valence-electron chi connectivity index (χ2n) is 5.00. The van der Waals surface area contributed by atoms with Gasteiger partial charge < -0.3 is 10.4 Å². The molecule has 118 valence electrons. The molecule has 0 fully saturated rings. The van der Waals surface area contributed by atoms with Gasteiger partial charge in [-0.2, -0.15) is 5.10 Å². The Morgan fingerprint density at radius 1 is 1.55 bits per heavy atom. The zero-order valence-electron chi connectivity index (χ0n) is 12.4. The Morgan fingerprint density at radius 2 is 2.32 bits per heavy atom. The fraction of sp³-hybridized carbons (Fsp3) is 0.357. The molecule has 7 nitrogen and oxygen atoms in total. The number of carbonyl (C=O) groups is 1. The number of amides is 1. The summed E-state index contributed by atoms with van der Waals surface area (Å²) < 4.78 is 1.55. The highest BCUT2D eigenvalue weighted by Gasteiger charge is 2.14. The molecule has 1 unspecified atom stereocenters. The van der Waals surface area contributed by atoms with Gasteiger partial charge in [-0.25, -0.2) is 9.67 Å². The van der Waals surface area contributed by atoms with Crippen molar-refractivity contribution in [2.75, 3.05) is 25.5 Å². The minimum absolute atomic E-state index is 0.00878. The minimum atomic E-state index is -0.202. The van der Waals surface area contributed by atoms with Crippen molar-refractivity contribution in [2.45, 2.75) is 13.0 Å². The van der Waals surface area contributed by atoms with Crippen LogP contribution in [-0.2, 0) is 4.79 Å². The predicted octanol–water partition coefficient (Wildman–Crippen LogP) is 1.17. The summed E-state index contributed by atoms with van der Waals surface area (Å²) in [5.41, 5.74) is 1.22. The maximum Gasteiger partial charge on any atom is 0.238 e. The third kappa shape index (κ3) is 4.03. The standard InChI is InChI=1S/C14H18ClN5O2/c1-10(7-21)19(2)6-14(22)18-12-5-11(15)3-4-13(12)20-9-16-8-17-20/h3-5,8-10,21H,6-7H2,1-2H3,(H,18,22). The quantitative estimate of drug-likeness (QED) is 0.834. The molecule has 22 heavy (non-hydrogen) atoms. The monoisotopic (exact) mass is 323 g/mol. The molecule has 0 aliphatic heterocycles. The van der Waals surface area contributed by atoms with E-state index < -0.39 is 0 Å². The van der Waals surface area contributed by atoms with E-state index in [0.717, 1.165) is 0 Å². The molecular formula is C14H18ClN5O2. The Labute approximate surface area is 133 Å². The Kier molecular flexibility index (Phi) is 5.48. The van der Waals surface area contributed by atoms with Crippen LogP contribution in [0.25, 0.3) is 5.69 Å². The fourth-order valence-corrected chi connectivity index (χ4v) is 2.02. The van der Waals surface area contributed by atoms with E-state index in [2.05, 4.69) is 15.4 Å². The van der Waals surface area contributed by atoms with Crippen LogP contribution in [-0.4, -0.2) is 56.9 Å². The molecule has 0 saturated heterocycles. The largest absolute Gasteiger partial charge is 0.395 e. The van der Waals surface area contributed by atoms with Gasteiger partial charge in [-0.3, -0.25) is 9.69 Å². The smallest absolute Gasteiger partial charge is 0.238 e. The van der Waals surface area contributed by atoms with E-state index in [1.165, 1.54) is 6.33 Å². The first-order valence-corrected chi connectivity index (χ1v) is 7.14. The van der Waals surface area contributed by atoms with E-state index in [4.69, 9.17) is 16.7 Å². The summed E-state index contributed by atoms with van der Waals surface area (Å²) in [7, 11) is 1.77. The first-order chi connectivity index (χ1) is 10.5. The van der Waals surface area contributed by atoms with Crippen LogP contribution < -0.4 is 5.32 Å². The van der Waals surface area contributed by atoms with Crippen LogP contribution >= 0.6 is 11.6 Å². The number of halogens is 1. The molecule has 2 N–H and O–H groups in total. The summed E-state index contributed by atoms with van der Waals surface area (Å²) in [6.45, 7) is 1.99. The van der Waals surface area contributed by atoms with E-state index in [1.807, 2.05) is 6.92 Å². The third-order valence-corrected chi connectivity index (χ3v) is 3.54. The number of hydrogen-bond acceptors (Lipinski definition) is 5. The maximum atomic E-state index is 12.2. The maximum absolute atomic E-state index is 12.2. The Morgan fingerprint density at radius 3 is 2.95 bits per heavy atom. The van der Waals surface area contributed by atoms with Crippen LogP contribution in [0.3, 0.4) is 0 Å². The van der Waals surface area contributed by atoms with E-state index in [9.17, 15) is 4.79 Å². The molecule has 0 bridgehead atoms. The van der Waals surface area contributed by atoms with Crippen LogP contribution in [0.15, 0.2) is 30.9 Å². The van der Waals surface area contributed by atoms with Gasteiger partial charge in [0.1, 0.15) is 12.7 Å². The van der Waals surface area contributed by atoms with Gasteiger partial charge in [0.15, 0.2) is 0 Å². The lowest BCUT2D eigenvalue weighted by molar-refractivity contribution is -0.117. The summed E-state index contributed by atoms with van der Waals surface area (Å²) in [5, 5.41) is 16.5. The average molecular weight is 324 g/mol. The number of aromatic nitrogens is 3. The molecule has 1 atom stereocenters. The van der Waals surface area contributed by atoms with Gasteiger partial charge in [0, 0.05) is 11.1 Å². The number of likely N-dealkylation sites (N-methyl/N-ethyl adjacent to an activating group) is 1. The van der Waals surface area contributed by atoms with Crippen molar-refractivity contribution < 1.29 is 9.90 Å². The Bertz CT molecular complexity index is 632. The second-order valence-corrected chi connectivity index (χ2v) is 5.43. The van der Waals surface area contributed by atoms with Gasteiger partial charge in [-0.15, -0.1) is 0 Å². The van der Waals surface area contributed by atoms with Gasteiger partial charge in [-0.1, -0.05) is 11.6 Å². The molecule has 1 aromatic carbocycles. The lowest BCUT2D eigenvalue weighted by Gasteiger charge is -2.22. The van der Waals surface area contributed by atoms with Gasteiger partial charge in [0.2, 0.25) is 5.91 Å². The van der Waals surface area contributed by atoms with Gasteiger partial charge in [0.25, 0.3) is 0 Å². The zero-order chi connectivity index (χ0) is 16.1. The van der Waals surface area contributed by atoms with Crippen molar-refractivity contribution in [1.29, 1.82) is 0 Å². The number of anilines is 1. The predicted molar refractivity (Wildman–Crippen MR) is 84.2 cm³/mol. The lowest BCUT2D eigenvalue weighted by Crippen LogP contribution is -2.38. The number of benzene rings is 1. The number of rotatable bonds is 6. The highest BCUT2D eigenvalue weighted by Crippen LogP contribution is 2.23. The molecular weight excluding hydrogens is 306 g/mol. The van der Waals surface area contributed by atoms with Crippen molar-refractivity contribution in [1.82, 2.24) is 19.7 Å². The highest BCUT2D eigenvalue weighted by molar-refractivity contribution is 6.31. The fourth-order valence-electron chi connectivity index (χ4n) is 1.85.